The van der Waals surface area contributed by atoms with E-state index in [1.165, 1.54) is 14.2 Å². The van der Waals surface area contributed by atoms with Crippen molar-refractivity contribution in [3.05, 3.63) is 71.3 Å². The van der Waals surface area contributed by atoms with Gasteiger partial charge in [0.15, 0.2) is 0 Å². The Labute approximate surface area is 314 Å². The van der Waals surface area contributed by atoms with Crippen LogP contribution in [0, 0.1) is 11.8 Å². The smallest absolute Gasteiger partial charge is 0.407 e. The largest absolute Gasteiger partial charge is 0.465 e. The van der Waals surface area contributed by atoms with Gasteiger partial charge in [0.1, 0.15) is 23.7 Å². The summed E-state index contributed by atoms with van der Waals surface area (Å²) in [4.78, 5) is 72.0. The number of benzene rings is 2. The summed E-state index contributed by atoms with van der Waals surface area (Å²) < 4.78 is 4.75. The predicted molar refractivity (Wildman–Crippen MR) is 206 cm³/mol. The van der Waals surface area contributed by atoms with Crippen LogP contribution < -0.4 is 5.32 Å². The number of fused-ring (bicyclic) bond motifs is 2. The van der Waals surface area contributed by atoms with Crippen molar-refractivity contribution in [1.82, 2.24) is 40.0 Å². The number of methoxy groups -OCH3 is 1. The molecule has 0 saturated carbocycles. The van der Waals surface area contributed by atoms with E-state index in [0.717, 1.165) is 69.6 Å². The molecule has 0 unspecified atom stereocenters. The average Bonchev–Trinajstić information content (AvgIpc) is 3.96. The maximum absolute atomic E-state index is 13.6. The van der Waals surface area contributed by atoms with Crippen LogP contribution >= 0.6 is 0 Å². The van der Waals surface area contributed by atoms with Gasteiger partial charge in [-0.3, -0.25) is 14.5 Å². The van der Waals surface area contributed by atoms with Gasteiger partial charge in [-0.05, 0) is 72.9 Å². The summed E-state index contributed by atoms with van der Waals surface area (Å²) in [6.07, 6.45) is 9.38. The van der Waals surface area contributed by atoms with Crippen LogP contribution in [0.1, 0.15) is 88.2 Å². The van der Waals surface area contributed by atoms with Crippen LogP contribution in [-0.4, -0.2) is 103 Å². The number of hydrogen-bond acceptors (Lipinski definition) is 7. The van der Waals surface area contributed by atoms with E-state index in [4.69, 9.17) is 14.7 Å². The van der Waals surface area contributed by atoms with E-state index in [2.05, 4.69) is 15.3 Å². The number of carboxylic acid groups (broad SMARTS) is 1. The molecule has 286 valence electrons. The van der Waals surface area contributed by atoms with E-state index in [0.29, 0.717) is 18.9 Å². The Balaban J connectivity index is 1.12. The molecule has 14 heteroatoms. The van der Waals surface area contributed by atoms with Crippen molar-refractivity contribution in [1.29, 1.82) is 0 Å². The first-order valence-corrected chi connectivity index (χ1v) is 18.6. The lowest BCUT2D eigenvalue weighted by Crippen LogP contribution is -2.51. The first kappa shape index (κ1) is 38.1. The van der Waals surface area contributed by atoms with E-state index in [9.17, 15) is 24.3 Å². The van der Waals surface area contributed by atoms with E-state index in [-0.39, 0.29) is 35.7 Å². The summed E-state index contributed by atoms with van der Waals surface area (Å²) in [6.45, 7) is 8.67. The van der Waals surface area contributed by atoms with E-state index < -0.39 is 24.3 Å². The number of hydrogen-bond donors (Lipinski definition) is 4. The second-order valence-electron chi connectivity index (χ2n) is 14.8. The van der Waals surface area contributed by atoms with Crippen LogP contribution in [-0.2, 0) is 14.3 Å². The second-order valence-corrected chi connectivity index (χ2v) is 14.8. The number of ether oxygens (including phenoxy) is 1. The van der Waals surface area contributed by atoms with Crippen LogP contribution in [0.15, 0.2) is 48.6 Å². The summed E-state index contributed by atoms with van der Waals surface area (Å²) in [5.41, 5.74) is 5.30. The number of aromatic nitrogens is 4. The average molecular weight is 739 g/mol. The highest BCUT2D eigenvalue weighted by Gasteiger charge is 2.40. The van der Waals surface area contributed by atoms with Gasteiger partial charge >= 0.3 is 12.2 Å². The molecule has 14 nitrogen and oxygen atoms in total. The number of carbonyl (C=O) groups excluding carboxylic acids is 3. The third-order valence-corrected chi connectivity index (χ3v) is 10.4. The van der Waals surface area contributed by atoms with Gasteiger partial charge in [-0.15, -0.1) is 0 Å². The highest BCUT2D eigenvalue weighted by atomic mass is 16.5. The third-order valence-electron chi connectivity index (χ3n) is 10.4. The van der Waals surface area contributed by atoms with Gasteiger partial charge in [-0.25, -0.2) is 19.6 Å². The van der Waals surface area contributed by atoms with Gasteiger partial charge < -0.3 is 34.9 Å². The molecule has 0 aliphatic carbocycles. The molecule has 2 fully saturated rings. The Morgan fingerprint density at radius 1 is 0.833 bits per heavy atom. The minimum absolute atomic E-state index is 0.107. The molecule has 4 aromatic rings. The molecule has 2 saturated heterocycles. The number of allylic oxidation sites excluding steroid dienone is 2. The van der Waals surface area contributed by atoms with Crippen molar-refractivity contribution < 1.29 is 29.0 Å². The number of alkyl carbamates (subject to hydrolysis) is 1. The van der Waals surface area contributed by atoms with Crippen LogP contribution in [0.3, 0.4) is 0 Å². The molecule has 4 amide bonds. The topological polar surface area (TPSA) is 177 Å². The Morgan fingerprint density at radius 2 is 1.33 bits per heavy atom. The molecule has 54 heavy (non-hydrogen) atoms. The highest BCUT2D eigenvalue weighted by Crippen LogP contribution is 2.35. The summed E-state index contributed by atoms with van der Waals surface area (Å²) in [5.74, 6) is 0.817. The molecule has 0 radical (unpaired) electrons. The van der Waals surface area contributed by atoms with E-state index in [1.807, 2.05) is 88.4 Å². The molecule has 2 aliphatic heterocycles. The lowest BCUT2D eigenvalue weighted by atomic mass is 10.0. The minimum Gasteiger partial charge on any atom is -0.465 e. The number of nitrogens with one attached hydrogen (secondary N) is 3. The Kier molecular flexibility index (Phi) is 11.4. The molecule has 2 aromatic carbocycles. The van der Waals surface area contributed by atoms with Gasteiger partial charge in [-0.2, -0.15) is 0 Å². The summed E-state index contributed by atoms with van der Waals surface area (Å²) in [5, 5.41) is 12.3. The zero-order chi connectivity index (χ0) is 38.7. The normalized spacial score (nSPS) is 18.8. The van der Waals surface area contributed by atoms with Gasteiger partial charge in [0.05, 0.1) is 41.3 Å². The van der Waals surface area contributed by atoms with Gasteiger partial charge in [0, 0.05) is 20.1 Å². The molecular weight excluding hydrogens is 688 g/mol. The number of likely N-dealkylation sites (N-methyl/N-ethyl adjacent to an activating group) is 1. The van der Waals surface area contributed by atoms with E-state index >= 15 is 0 Å². The van der Waals surface area contributed by atoms with Gasteiger partial charge in [0.25, 0.3) is 0 Å². The standard InChI is InChI=1S/C40H50N8O6/c1-23(2)33(45-39(51)54-6)37(49)47-19-9-13-31(47)35-41-27-17-15-25(21-29(27)43-35)11-7-8-12-26-16-18-28-30(22-26)44-36(42-28)32-14-10-20-48(32)38(50)34(24(3)4)46(5)40(52)53/h7-8,11-12,15-18,21-24,31-34H,9-10,13-14,19-20H2,1-6H3,(H,41,43)(H,42,44)(H,45,51)(H,52,53)/t31-,32-,33-,34-/m0/s1. The first-order valence-electron chi connectivity index (χ1n) is 18.6. The molecule has 6 rings (SSSR count). The Morgan fingerprint density at radius 3 is 1.78 bits per heavy atom. The van der Waals surface area contributed by atoms with Gasteiger partial charge in [-0.1, -0.05) is 64.1 Å². The van der Waals surface area contributed by atoms with Crippen LogP contribution in [0.2, 0.25) is 0 Å². The third kappa shape index (κ3) is 7.97. The fourth-order valence-corrected chi connectivity index (χ4v) is 7.64. The van der Waals surface area contributed by atoms with Gasteiger partial charge in [0.2, 0.25) is 11.8 Å². The number of aromatic amines is 2. The molecule has 2 aliphatic rings. The maximum atomic E-state index is 13.6. The lowest BCUT2D eigenvalue weighted by Gasteiger charge is -2.33. The fourth-order valence-electron chi connectivity index (χ4n) is 7.64. The Bertz CT molecular complexity index is 2080. The fraction of sp³-hybridized carbons (Fsp3) is 0.450. The van der Waals surface area contributed by atoms with Crippen molar-refractivity contribution in [2.24, 2.45) is 11.8 Å². The minimum atomic E-state index is -1.12. The molecular formula is C40H50N8O6. The van der Waals surface area contributed by atoms with Crippen molar-refractivity contribution in [3.63, 3.8) is 0 Å². The maximum Gasteiger partial charge on any atom is 0.407 e. The molecule has 2 aromatic heterocycles. The second kappa shape index (κ2) is 16.1. The van der Waals surface area contributed by atoms with Crippen LogP contribution in [0.4, 0.5) is 9.59 Å². The number of rotatable bonds is 11. The Hall–Kier alpha value is -5.66. The van der Waals surface area contributed by atoms with Crippen molar-refractivity contribution in [2.45, 2.75) is 77.5 Å². The van der Waals surface area contributed by atoms with Crippen LogP contribution in [0.5, 0.6) is 0 Å². The number of imidazole rings is 2. The summed E-state index contributed by atoms with van der Waals surface area (Å²) >= 11 is 0. The quantitative estimate of drug-likeness (QED) is 0.126. The van der Waals surface area contributed by atoms with Crippen LogP contribution in [0.25, 0.3) is 34.2 Å². The number of H-pyrrole nitrogens is 2. The summed E-state index contributed by atoms with van der Waals surface area (Å²) in [6, 6.07) is 10.1. The number of likely N-dealkylation sites (tertiary alicyclic amines) is 2. The molecule has 0 bridgehead atoms. The SMILES string of the molecule is COC(=O)N[C@H](C(=O)N1CCC[C@H]1c1nc2cc(C=CC=Cc3ccc4[nH]c([C@@H]5CCCN5C(=O)[C@H](C(C)C)N(C)C(=O)O)nc4c3)ccc2[nH]1)C(C)C. The molecule has 4 atom stereocenters. The van der Waals surface area contributed by atoms with Crippen molar-refractivity contribution >= 4 is 58.2 Å². The molecule has 0 spiro atoms. The molecule has 4 N–H and O–H groups in total. The van der Waals surface area contributed by atoms with Crippen molar-refractivity contribution in [2.75, 3.05) is 27.2 Å². The first-order chi connectivity index (χ1) is 25.9. The monoisotopic (exact) mass is 738 g/mol. The van der Waals surface area contributed by atoms with Crippen molar-refractivity contribution in [3.8, 4) is 0 Å². The number of amides is 4. The lowest BCUT2D eigenvalue weighted by molar-refractivity contribution is -0.138. The zero-order valence-electron chi connectivity index (χ0n) is 31.7. The number of nitrogens with zero attached hydrogens (tertiary/aromatic N) is 5. The molecule has 4 heterocycles. The van der Waals surface area contributed by atoms with E-state index in [1.54, 1.807) is 9.80 Å². The summed E-state index contributed by atoms with van der Waals surface area (Å²) in [7, 11) is 2.73. The number of carbonyl (C=O) groups is 4. The highest BCUT2D eigenvalue weighted by molar-refractivity contribution is 5.87. The zero-order valence-corrected chi connectivity index (χ0v) is 31.7. The predicted octanol–water partition coefficient (Wildman–Crippen LogP) is 6.51.